The lowest BCUT2D eigenvalue weighted by atomic mass is 9.75. The molecule has 2 aliphatic rings. The van der Waals surface area contributed by atoms with Crippen LogP contribution in [0.25, 0.3) is 0 Å². The standard InChI is InChI=1S/C14H20N2O2/c1-3-13(2,10-15)16-11(17)8-14(9-12(16)18)6-4-5-7-14/h3-9H2,1-2H3. The van der Waals surface area contributed by atoms with Crippen LogP contribution in [-0.4, -0.2) is 22.3 Å². The van der Waals surface area contributed by atoms with Gasteiger partial charge in [0.15, 0.2) is 0 Å². The summed E-state index contributed by atoms with van der Waals surface area (Å²) >= 11 is 0. The van der Waals surface area contributed by atoms with Crippen LogP contribution in [0.5, 0.6) is 0 Å². The van der Waals surface area contributed by atoms with Gasteiger partial charge in [0.2, 0.25) is 11.8 Å². The third kappa shape index (κ3) is 1.92. The van der Waals surface area contributed by atoms with Gasteiger partial charge in [0, 0.05) is 12.8 Å². The highest BCUT2D eigenvalue weighted by atomic mass is 16.2. The first-order valence-corrected chi connectivity index (χ1v) is 6.73. The number of amides is 2. The van der Waals surface area contributed by atoms with Crippen molar-refractivity contribution in [2.24, 2.45) is 5.41 Å². The van der Waals surface area contributed by atoms with Crippen molar-refractivity contribution in [2.75, 3.05) is 0 Å². The van der Waals surface area contributed by atoms with E-state index >= 15 is 0 Å². The lowest BCUT2D eigenvalue weighted by Gasteiger charge is -2.42. The Labute approximate surface area is 108 Å². The molecule has 0 N–H and O–H groups in total. The van der Waals surface area contributed by atoms with Crippen LogP contribution in [0.1, 0.15) is 58.8 Å². The topological polar surface area (TPSA) is 61.2 Å². The molecule has 1 unspecified atom stereocenters. The monoisotopic (exact) mass is 248 g/mol. The minimum Gasteiger partial charge on any atom is -0.274 e. The lowest BCUT2D eigenvalue weighted by Crippen LogP contribution is -2.57. The summed E-state index contributed by atoms with van der Waals surface area (Å²) < 4.78 is 0. The number of nitriles is 1. The molecule has 98 valence electrons. The van der Waals surface area contributed by atoms with Crippen molar-refractivity contribution in [2.45, 2.75) is 64.3 Å². The second-order valence-corrected chi connectivity index (χ2v) is 5.92. The molecule has 1 heterocycles. The zero-order chi connectivity index (χ0) is 13.4. The Hall–Kier alpha value is -1.37. The van der Waals surface area contributed by atoms with Crippen LogP contribution in [0, 0.1) is 16.7 Å². The molecule has 1 atom stereocenters. The number of imide groups is 1. The zero-order valence-corrected chi connectivity index (χ0v) is 11.2. The predicted octanol–water partition coefficient (Wildman–Crippen LogP) is 2.39. The smallest absolute Gasteiger partial charge is 0.231 e. The molecule has 2 rings (SSSR count). The van der Waals surface area contributed by atoms with Gasteiger partial charge in [0.1, 0.15) is 5.54 Å². The van der Waals surface area contributed by atoms with Crippen LogP contribution in [0.2, 0.25) is 0 Å². The van der Waals surface area contributed by atoms with E-state index in [0.717, 1.165) is 25.7 Å². The highest BCUT2D eigenvalue weighted by molar-refractivity contribution is 5.99. The van der Waals surface area contributed by atoms with Crippen molar-refractivity contribution in [3.63, 3.8) is 0 Å². The Balaban J connectivity index is 2.25. The maximum absolute atomic E-state index is 12.3. The molecule has 1 saturated heterocycles. The van der Waals surface area contributed by atoms with Gasteiger partial charge in [-0.25, -0.2) is 0 Å². The van der Waals surface area contributed by atoms with Crippen LogP contribution >= 0.6 is 0 Å². The second-order valence-electron chi connectivity index (χ2n) is 5.92. The normalized spacial score (nSPS) is 26.2. The third-order valence-electron chi connectivity index (χ3n) is 4.64. The average Bonchev–Trinajstić information content (AvgIpc) is 2.75. The molecule has 4 heteroatoms. The Morgan fingerprint density at radius 1 is 1.28 bits per heavy atom. The third-order valence-corrected chi connectivity index (χ3v) is 4.64. The SMILES string of the molecule is CCC(C)(C#N)N1C(=O)CC2(CCCC2)CC1=O. The van der Waals surface area contributed by atoms with Gasteiger partial charge in [-0.2, -0.15) is 5.26 Å². The van der Waals surface area contributed by atoms with E-state index in [1.165, 1.54) is 4.90 Å². The number of nitrogens with zero attached hydrogens (tertiary/aromatic N) is 2. The van der Waals surface area contributed by atoms with Crippen LogP contribution < -0.4 is 0 Å². The molecular weight excluding hydrogens is 228 g/mol. The summed E-state index contributed by atoms with van der Waals surface area (Å²) in [7, 11) is 0. The number of likely N-dealkylation sites (tertiary alicyclic amines) is 1. The number of hydrogen-bond acceptors (Lipinski definition) is 3. The Morgan fingerprint density at radius 3 is 2.17 bits per heavy atom. The fraction of sp³-hybridized carbons (Fsp3) is 0.786. The molecule has 2 amide bonds. The summed E-state index contributed by atoms with van der Waals surface area (Å²) in [6.07, 6.45) is 5.55. The molecular formula is C14H20N2O2. The highest BCUT2D eigenvalue weighted by Crippen LogP contribution is 2.48. The van der Waals surface area contributed by atoms with Crippen LogP contribution in [0.3, 0.4) is 0 Å². The van der Waals surface area contributed by atoms with Crippen molar-refractivity contribution in [1.82, 2.24) is 4.90 Å². The second kappa shape index (κ2) is 4.38. The summed E-state index contributed by atoms with van der Waals surface area (Å²) in [5, 5.41) is 9.23. The fourth-order valence-corrected chi connectivity index (χ4v) is 3.32. The first-order valence-electron chi connectivity index (χ1n) is 6.73. The number of piperidine rings is 1. The Kier molecular flexibility index (Phi) is 3.18. The molecule has 2 fully saturated rings. The van der Waals surface area contributed by atoms with Gasteiger partial charge in [-0.15, -0.1) is 0 Å². The van der Waals surface area contributed by atoms with Crippen molar-refractivity contribution in [3.05, 3.63) is 0 Å². The van der Waals surface area contributed by atoms with Crippen molar-refractivity contribution in [3.8, 4) is 6.07 Å². The van der Waals surface area contributed by atoms with Crippen LogP contribution in [0.15, 0.2) is 0 Å². The van der Waals surface area contributed by atoms with E-state index in [1.54, 1.807) is 6.92 Å². The molecule has 1 aliphatic heterocycles. The zero-order valence-electron chi connectivity index (χ0n) is 11.2. The molecule has 0 radical (unpaired) electrons. The Morgan fingerprint density at radius 2 is 1.78 bits per heavy atom. The molecule has 1 saturated carbocycles. The molecule has 18 heavy (non-hydrogen) atoms. The van der Waals surface area contributed by atoms with Crippen molar-refractivity contribution < 1.29 is 9.59 Å². The summed E-state index contributed by atoms with van der Waals surface area (Å²) in [4.78, 5) is 25.8. The first-order chi connectivity index (χ1) is 8.46. The van der Waals surface area contributed by atoms with Gasteiger partial charge >= 0.3 is 0 Å². The number of hydrogen-bond donors (Lipinski definition) is 0. The lowest BCUT2D eigenvalue weighted by molar-refractivity contribution is -0.158. The predicted molar refractivity (Wildman–Crippen MR) is 66.3 cm³/mol. The van der Waals surface area contributed by atoms with Gasteiger partial charge < -0.3 is 0 Å². The fourth-order valence-electron chi connectivity index (χ4n) is 3.32. The van der Waals surface area contributed by atoms with E-state index < -0.39 is 5.54 Å². The molecule has 0 aromatic rings. The minimum absolute atomic E-state index is 0.0885. The van der Waals surface area contributed by atoms with Crippen molar-refractivity contribution >= 4 is 11.8 Å². The van der Waals surface area contributed by atoms with Crippen LogP contribution in [0.4, 0.5) is 0 Å². The van der Waals surface area contributed by atoms with E-state index in [-0.39, 0.29) is 17.2 Å². The molecule has 0 bridgehead atoms. The maximum Gasteiger partial charge on any atom is 0.231 e. The van der Waals surface area contributed by atoms with E-state index in [4.69, 9.17) is 0 Å². The Bertz CT molecular complexity index is 398. The number of carbonyl (C=O) groups excluding carboxylic acids is 2. The van der Waals surface area contributed by atoms with Gasteiger partial charge in [-0.05, 0) is 31.6 Å². The van der Waals surface area contributed by atoms with Gasteiger partial charge in [0.05, 0.1) is 6.07 Å². The summed E-state index contributed by atoms with van der Waals surface area (Å²) in [5.74, 6) is -0.307. The maximum atomic E-state index is 12.3. The van der Waals surface area contributed by atoms with E-state index in [9.17, 15) is 14.9 Å². The van der Waals surface area contributed by atoms with Gasteiger partial charge in [0.25, 0.3) is 0 Å². The largest absolute Gasteiger partial charge is 0.274 e. The summed E-state index contributed by atoms with van der Waals surface area (Å²) in [6.45, 7) is 3.51. The molecule has 0 aromatic heterocycles. The average molecular weight is 248 g/mol. The number of carbonyl (C=O) groups is 2. The van der Waals surface area contributed by atoms with Crippen molar-refractivity contribution in [1.29, 1.82) is 5.26 Å². The van der Waals surface area contributed by atoms with E-state index in [1.807, 2.05) is 6.92 Å². The van der Waals surface area contributed by atoms with E-state index in [0.29, 0.717) is 19.3 Å². The first kappa shape index (κ1) is 13.1. The molecule has 0 aromatic carbocycles. The minimum atomic E-state index is -0.978. The van der Waals surface area contributed by atoms with Gasteiger partial charge in [-0.3, -0.25) is 14.5 Å². The van der Waals surface area contributed by atoms with Crippen LogP contribution in [-0.2, 0) is 9.59 Å². The van der Waals surface area contributed by atoms with E-state index in [2.05, 4.69) is 6.07 Å². The molecule has 1 aliphatic carbocycles. The summed E-state index contributed by atoms with van der Waals surface area (Å²) in [5.41, 5.74) is -1.07. The molecule has 1 spiro atoms. The molecule has 4 nitrogen and oxygen atoms in total. The van der Waals surface area contributed by atoms with Gasteiger partial charge in [-0.1, -0.05) is 19.8 Å². The number of rotatable bonds is 2. The summed E-state index contributed by atoms with van der Waals surface area (Å²) in [6, 6.07) is 2.12. The quantitative estimate of drug-likeness (QED) is 0.705. The highest BCUT2D eigenvalue weighted by Gasteiger charge is 2.49.